The van der Waals surface area contributed by atoms with Gasteiger partial charge in [0, 0.05) is 28.6 Å². The molecule has 0 atom stereocenters. The molecule has 158 valence electrons. The molecular weight excluding hydrogens is 444 g/mol. The van der Waals surface area contributed by atoms with Crippen molar-refractivity contribution >= 4 is 61.6 Å². The molecule has 0 unspecified atom stereocenters. The second kappa shape index (κ2) is 10.2. The van der Waals surface area contributed by atoms with E-state index in [4.69, 9.17) is 11.6 Å². The van der Waals surface area contributed by atoms with E-state index in [0.717, 1.165) is 17.9 Å². The van der Waals surface area contributed by atoms with E-state index in [1.54, 1.807) is 23.1 Å². The topological polar surface area (TPSA) is 79.6 Å². The molecule has 30 heavy (non-hydrogen) atoms. The van der Waals surface area contributed by atoms with Crippen LogP contribution in [0.4, 0.5) is 10.8 Å². The number of nitro benzene ring substituents is 1. The van der Waals surface area contributed by atoms with Gasteiger partial charge < -0.3 is 4.90 Å². The molecule has 1 amide bonds. The van der Waals surface area contributed by atoms with Crippen molar-refractivity contribution in [2.75, 3.05) is 37.8 Å². The van der Waals surface area contributed by atoms with Gasteiger partial charge in [0.1, 0.15) is 0 Å². The van der Waals surface area contributed by atoms with E-state index in [-0.39, 0.29) is 17.3 Å². The number of nitro groups is 1. The summed E-state index contributed by atoms with van der Waals surface area (Å²) in [5, 5.41) is 12.3. The number of thiazole rings is 1. The molecule has 0 bridgehead atoms. The van der Waals surface area contributed by atoms with Crippen molar-refractivity contribution in [2.24, 2.45) is 0 Å². The predicted octanol–water partition coefficient (Wildman–Crippen LogP) is 4.93. The summed E-state index contributed by atoms with van der Waals surface area (Å²) in [6.07, 6.45) is 0.792. The van der Waals surface area contributed by atoms with Crippen molar-refractivity contribution in [3.05, 3.63) is 57.6 Å². The Morgan fingerprint density at radius 1 is 1.20 bits per heavy atom. The van der Waals surface area contributed by atoms with Crippen LogP contribution in [0.2, 0.25) is 5.02 Å². The van der Waals surface area contributed by atoms with Crippen LogP contribution in [0.1, 0.15) is 6.42 Å². The van der Waals surface area contributed by atoms with Gasteiger partial charge in [0.25, 0.3) is 5.69 Å². The molecule has 10 heteroatoms. The number of carbonyl (C=O) groups excluding carboxylic acids is 1. The minimum absolute atomic E-state index is 0.0153. The second-order valence-corrected chi connectivity index (χ2v) is 9.34. The number of amides is 1. The third-order valence-electron chi connectivity index (χ3n) is 4.27. The maximum atomic E-state index is 13.0. The number of carbonyl (C=O) groups is 1. The van der Waals surface area contributed by atoms with E-state index in [2.05, 4.69) is 9.88 Å². The number of rotatable bonds is 9. The summed E-state index contributed by atoms with van der Waals surface area (Å²) < 4.78 is 0.690. The summed E-state index contributed by atoms with van der Waals surface area (Å²) in [7, 11) is 3.97. The van der Waals surface area contributed by atoms with Crippen molar-refractivity contribution in [1.82, 2.24) is 9.88 Å². The van der Waals surface area contributed by atoms with Crippen molar-refractivity contribution in [3.8, 4) is 0 Å². The van der Waals surface area contributed by atoms with Gasteiger partial charge in [-0.3, -0.25) is 19.8 Å². The molecule has 0 N–H and O–H groups in total. The zero-order valence-corrected chi connectivity index (χ0v) is 19.0. The number of thioether (sulfide) groups is 1. The average molecular weight is 465 g/mol. The number of hydrogen-bond donors (Lipinski definition) is 0. The van der Waals surface area contributed by atoms with Gasteiger partial charge in [-0.25, -0.2) is 4.98 Å². The fourth-order valence-electron chi connectivity index (χ4n) is 2.76. The highest BCUT2D eigenvalue weighted by molar-refractivity contribution is 8.00. The highest BCUT2D eigenvalue weighted by Crippen LogP contribution is 2.32. The van der Waals surface area contributed by atoms with Crippen LogP contribution < -0.4 is 4.90 Å². The van der Waals surface area contributed by atoms with Gasteiger partial charge >= 0.3 is 0 Å². The number of fused-ring (bicyclic) bond motifs is 1. The maximum Gasteiger partial charge on any atom is 0.270 e. The van der Waals surface area contributed by atoms with Crippen molar-refractivity contribution < 1.29 is 9.72 Å². The molecule has 0 aliphatic heterocycles. The lowest BCUT2D eigenvalue weighted by Gasteiger charge is -2.21. The predicted molar refractivity (Wildman–Crippen MR) is 124 cm³/mol. The molecule has 1 aromatic heterocycles. The minimum Gasteiger partial charge on any atom is -0.309 e. The van der Waals surface area contributed by atoms with E-state index in [1.807, 2.05) is 26.2 Å². The van der Waals surface area contributed by atoms with Gasteiger partial charge in [0.2, 0.25) is 5.91 Å². The normalized spacial score (nSPS) is 11.2. The molecule has 2 aromatic carbocycles. The van der Waals surface area contributed by atoms with E-state index in [0.29, 0.717) is 26.9 Å². The lowest BCUT2D eigenvalue weighted by Crippen LogP contribution is -2.34. The van der Waals surface area contributed by atoms with Crippen molar-refractivity contribution in [2.45, 2.75) is 11.3 Å². The van der Waals surface area contributed by atoms with E-state index < -0.39 is 4.92 Å². The molecule has 3 aromatic rings. The first-order chi connectivity index (χ1) is 14.3. The molecule has 1 heterocycles. The Morgan fingerprint density at radius 3 is 2.60 bits per heavy atom. The first kappa shape index (κ1) is 22.5. The number of hydrogen-bond acceptors (Lipinski definition) is 7. The first-order valence-corrected chi connectivity index (χ1v) is 11.4. The molecule has 0 fully saturated rings. The Hall–Kier alpha value is -2.20. The summed E-state index contributed by atoms with van der Waals surface area (Å²) in [5.74, 6) is 0.210. The van der Waals surface area contributed by atoms with Crippen molar-refractivity contribution in [3.63, 3.8) is 0 Å². The van der Waals surface area contributed by atoms with Crippen LogP contribution in [0, 0.1) is 10.1 Å². The highest BCUT2D eigenvalue weighted by Gasteiger charge is 2.21. The van der Waals surface area contributed by atoms with Gasteiger partial charge in [-0.2, -0.15) is 0 Å². The van der Waals surface area contributed by atoms with Crippen LogP contribution >= 0.6 is 34.7 Å². The van der Waals surface area contributed by atoms with Crippen LogP contribution in [0.3, 0.4) is 0 Å². The Balaban J connectivity index is 1.80. The summed E-state index contributed by atoms with van der Waals surface area (Å²) in [6, 6.07) is 11.9. The van der Waals surface area contributed by atoms with Crippen LogP contribution in [0.5, 0.6) is 0 Å². The smallest absolute Gasteiger partial charge is 0.270 e. The van der Waals surface area contributed by atoms with Crippen LogP contribution in [-0.2, 0) is 4.79 Å². The minimum atomic E-state index is -0.429. The quantitative estimate of drug-likeness (QED) is 0.253. The summed E-state index contributed by atoms with van der Waals surface area (Å²) in [4.78, 5) is 32.9. The van der Waals surface area contributed by atoms with Gasteiger partial charge in [-0.1, -0.05) is 22.9 Å². The largest absolute Gasteiger partial charge is 0.309 e. The van der Waals surface area contributed by atoms with E-state index in [9.17, 15) is 14.9 Å². The molecule has 3 rings (SSSR count). The number of nitrogens with zero attached hydrogens (tertiary/aromatic N) is 4. The molecule has 0 spiro atoms. The summed E-state index contributed by atoms with van der Waals surface area (Å²) in [6.45, 7) is 1.37. The highest BCUT2D eigenvalue weighted by atomic mass is 35.5. The summed E-state index contributed by atoms with van der Waals surface area (Å²) in [5.41, 5.74) is 0.665. The molecule has 0 aliphatic carbocycles. The Bertz CT molecular complexity index is 1040. The van der Waals surface area contributed by atoms with Gasteiger partial charge in [0.15, 0.2) is 5.13 Å². The monoisotopic (exact) mass is 464 g/mol. The standard InChI is InChI=1S/C20H21ClN4O3S2/c1-23(2)10-3-11-24(19(26)13-29-16-7-4-14(21)5-8-16)20-22-17-9-6-15(25(27)28)12-18(17)30-20/h4-9,12H,3,10-11,13H2,1-2H3. The third kappa shape index (κ3) is 5.91. The van der Waals surface area contributed by atoms with Gasteiger partial charge in [-0.05, 0) is 57.4 Å². The second-order valence-electron chi connectivity index (χ2n) is 6.85. The van der Waals surface area contributed by atoms with E-state index in [1.165, 1.54) is 35.2 Å². The van der Waals surface area contributed by atoms with Gasteiger partial charge in [0.05, 0.1) is 20.9 Å². The molecule has 0 saturated carbocycles. The number of benzene rings is 2. The molecule has 0 radical (unpaired) electrons. The third-order valence-corrected chi connectivity index (χ3v) is 6.56. The molecule has 0 aliphatic rings. The number of aromatic nitrogens is 1. The van der Waals surface area contributed by atoms with Gasteiger partial charge in [-0.15, -0.1) is 11.8 Å². The Kier molecular flexibility index (Phi) is 7.65. The molecular formula is C20H21ClN4O3S2. The molecule has 7 nitrogen and oxygen atoms in total. The lowest BCUT2D eigenvalue weighted by molar-refractivity contribution is -0.384. The maximum absolute atomic E-state index is 13.0. The SMILES string of the molecule is CN(C)CCCN(C(=O)CSc1ccc(Cl)cc1)c1nc2ccc([N+](=O)[O-])cc2s1. The zero-order valence-electron chi connectivity index (χ0n) is 16.6. The van der Waals surface area contributed by atoms with Crippen LogP contribution in [-0.4, -0.2) is 53.7 Å². The lowest BCUT2D eigenvalue weighted by atomic mass is 10.3. The average Bonchev–Trinajstić information content (AvgIpc) is 3.13. The number of anilines is 1. The molecule has 0 saturated heterocycles. The summed E-state index contributed by atoms with van der Waals surface area (Å²) >= 11 is 8.66. The number of non-ortho nitro benzene ring substituents is 1. The van der Waals surface area contributed by atoms with Crippen LogP contribution in [0.25, 0.3) is 10.2 Å². The zero-order chi connectivity index (χ0) is 21.7. The fourth-order valence-corrected chi connectivity index (χ4v) is 4.70. The Morgan fingerprint density at radius 2 is 1.93 bits per heavy atom. The number of halogens is 1. The fraction of sp³-hybridized carbons (Fsp3) is 0.300. The first-order valence-electron chi connectivity index (χ1n) is 9.22. The van der Waals surface area contributed by atoms with Crippen LogP contribution in [0.15, 0.2) is 47.4 Å². The van der Waals surface area contributed by atoms with Crippen molar-refractivity contribution in [1.29, 1.82) is 0 Å². The Labute approximate surface area is 187 Å². The van der Waals surface area contributed by atoms with E-state index >= 15 is 0 Å².